The second-order valence-corrected chi connectivity index (χ2v) is 4.96. The van der Waals surface area contributed by atoms with Crippen molar-refractivity contribution in [2.75, 3.05) is 45.7 Å². The van der Waals surface area contributed by atoms with Gasteiger partial charge in [-0.3, -0.25) is 0 Å². The molecule has 17 heavy (non-hydrogen) atoms. The third kappa shape index (κ3) is 4.54. The lowest BCUT2D eigenvalue weighted by Crippen LogP contribution is -2.28. The van der Waals surface area contributed by atoms with E-state index in [2.05, 4.69) is 43.1 Å². The van der Waals surface area contributed by atoms with E-state index in [0.29, 0.717) is 6.54 Å². The Balaban J connectivity index is 2.70. The van der Waals surface area contributed by atoms with E-state index in [4.69, 9.17) is 17.3 Å². The van der Waals surface area contributed by atoms with Crippen LogP contribution in [-0.2, 0) is 6.42 Å². The van der Waals surface area contributed by atoms with Crippen LogP contribution in [0.4, 0.5) is 5.69 Å². The van der Waals surface area contributed by atoms with Crippen LogP contribution in [-0.4, -0.2) is 45.7 Å². The maximum absolute atomic E-state index is 6.28. The topological polar surface area (TPSA) is 32.5 Å². The normalized spacial score (nSPS) is 10.9. The van der Waals surface area contributed by atoms with Crippen molar-refractivity contribution in [3.05, 3.63) is 28.8 Å². The summed E-state index contributed by atoms with van der Waals surface area (Å²) in [5, 5.41) is 0.803. The highest BCUT2D eigenvalue weighted by atomic mass is 35.5. The molecule has 0 heterocycles. The van der Waals surface area contributed by atoms with Crippen molar-refractivity contribution in [2.45, 2.75) is 6.42 Å². The summed E-state index contributed by atoms with van der Waals surface area (Å²) in [5.74, 6) is 0. The van der Waals surface area contributed by atoms with Crippen LogP contribution in [0.15, 0.2) is 18.2 Å². The van der Waals surface area contributed by atoms with Gasteiger partial charge in [-0.15, -0.1) is 0 Å². The van der Waals surface area contributed by atoms with Gasteiger partial charge in [0.2, 0.25) is 0 Å². The minimum Gasteiger partial charge on any atom is -0.372 e. The molecule has 0 aliphatic carbocycles. The molecule has 0 aliphatic heterocycles. The fourth-order valence-corrected chi connectivity index (χ4v) is 2.00. The molecule has 0 fully saturated rings. The first kappa shape index (κ1) is 14.3. The average Bonchev–Trinajstić information content (AvgIpc) is 2.26. The molecule has 1 rings (SSSR count). The van der Waals surface area contributed by atoms with Crippen molar-refractivity contribution < 1.29 is 0 Å². The van der Waals surface area contributed by atoms with Crippen molar-refractivity contribution in [3.63, 3.8) is 0 Å². The molecule has 0 bridgehead atoms. The van der Waals surface area contributed by atoms with Gasteiger partial charge in [0.25, 0.3) is 0 Å². The fraction of sp³-hybridized carbons (Fsp3) is 0.538. The van der Waals surface area contributed by atoms with E-state index in [1.165, 1.54) is 5.56 Å². The highest BCUT2D eigenvalue weighted by Crippen LogP contribution is 2.26. The van der Waals surface area contributed by atoms with Crippen molar-refractivity contribution in [2.24, 2.45) is 5.73 Å². The van der Waals surface area contributed by atoms with Gasteiger partial charge in [0, 0.05) is 20.1 Å². The second-order valence-electron chi connectivity index (χ2n) is 4.55. The zero-order valence-corrected chi connectivity index (χ0v) is 11.7. The molecule has 0 unspecified atom stereocenters. The van der Waals surface area contributed by atoms with Gasteiger partial charge in [-0.25, -0.2) is 0 Å². The van der Waals surface area contributed by atoms with Crippen molar-refractivity contribution in [3.8, 4) is 0 Å². The molecule has 0 saturated heterocycles. The molecule has 4 heteroatoms. The second kappa shape index (κ2) is 6.84. The van der Waals surface area contributed by atoms with Crippen LogP contribution in [0.25, 0.3) is 0 Å². The Hall–Kier alpha value is -0.770. The largest absolute Gasteiger partial charge is 0.372 e. The number of hydrogen-bond acceptors (Lipinski definition) is 3. The molecule has 96 valence electrons. The summed E-state index contributed by atoms with van der Waals surface area (Å²) in [6.45, 7) is 2.63. The van der Waals surface area contributed by atoms with E-state index < -0.39 is 0 Å². The minimum atomic E-state index is 0.659. The quantitative estimate of drug-likeness (QED) is 0.842. The number of rotatable bonds is 6. The molecule has 0 atom stereocenters. The predicted octanol–water partition coefficient (Wildman–Crippen LogP) is 1.84. The van der Waals surface area contributed by atoms with Crippen LogP contribution >= 0.6 is 11.6 Å². The van der Waals surface area contributed by atoms with Gasteiger partial charge in [0.15, 0.2) is 0 Å². The van der Waals surface area contributed by atoms with Crippen LogP contribution in [0, 0.1) is 0 Å². The van der Waals surface area contributed by atoms with E-state index in [0.717, 1.165) is 30.2 Å². The fourth-order valence-electron chi connectivity index (χ4n) is 1.65. The molecule has 3 nitrogen and oxygen atoms in total. The van der Waals surface area contributed by atoms with E-state index in [1.807, 2.05) is 6.07 Å². The number of likely N-dealkylation sites (N-methyl/N-ethyl adjacent to an activating group) is 2. The Morgan fingerprint density at radius 1 is 1.18 bits per heavy atom. The van der Waals surface area contributed by atoms with Crippen LogP contribution < -0.4 is 10.6 Å². The average molecular weight is 256 g/mol. The van der Waals surface area contributed by atoms with Gasteiger partial charge in [-0.2, -0.15) is 0 Å². The lowest BCUT2D eigenvalue weighted by molar-refractivity contribution is 0.416. The monoisotopic (exact) mass is 255 g/mol. The first-order valence-electron chi connectivity index (χ1n) is 5.89. The molecular weight excluding hydrogens is 234 g/mol. The Morgan fingerprint density at radius 3 is 2.41 bits per heavy atom. The first-order valence-corrected chi connectivity index (χ1v) is 6.26. The van der Waals surface area contributed by atoms with E-state index in [-0.39, 0.29) is 0 Å². The summed E-state index contributed by atoms with van der Waals surface area (Å²) >= 11 is 6.28. The number of benzene rings is 1. The first-order chi connectivity index (χ1) is 8.04. The van der Waals surface area contributed by atoms with Crippen molar-refractivity contribution in [1.82, 2.24) is 4.90 Å². The minimum absolute atomic E-state index is 0.659. The van der Waals surface area contributed by atoms with Gasteiger partial charge in [0.05, 0.1) is 10.7 Å². The summed E-state index contributed by atoms with van der Waals surface area (Å²) in [6, 6.07) is 6.18. The standard InChI is InChI=1S/C13H22ClN3/c1-16(2)8-9-17(3)13-5-4-11(6-7-15)10-12(13)14/h4-5,10H,6-9,15H2,1-3H3. The maximum atomic E-state index is 6.28. The molecule has 0 spiro atoms. The van der Waals surface area contributed by atoms with Gasteiger partial charge in [-0.05, 0) is 44.8 Å². The van der Waals surface area contributed by atoms with Gasteiger partial charge >= 0.3 is 0 Å². The Morgan fingerprint density at radius 2 is 1.88 bits per heavy atom. The molecule has 0 aliphatic rings. The van der Waals surface area contributed by atoms with Crippen LogP contribution in [0.3, 0.4) is 0 Å². The molecule has 1 aromatic rings. The number of hydrogen-bond donors (Lipinski definition) is 1. The van der Waals surface area contributed by atoms with E-state index >= 15 is 0 Å². The maximum Gasteiger partial charge on any atom is 0.0642 e. The zero-order chi connectivity index (χ0) is 12.8. The van der Waals surface area contributed by atoms with Crippen LogP contribution in [0.1, 0.15) is 5.56 Å². The molecule has 0 aromatic heterocycles. The number of nitrogens with zero attached hydrogens (tertiary/aromatic N) is 2. The van der Waals surface area contributed by atoms with Gasteiger partial charge in [0.1, 0.15) is 0 Å². The molecule has 2 N–H and O–H groups in total. The van der Waals surface area contributed by atoms with Crippen molar-refractivity contribution in [1.29, 1.82) is 0 Å². The Kier molecular flexibility index (Phi) is 5.75. The Bertz CT molecular complexity index is 353. The Labute approximate surface area is 109 Å². The summed E-state index contributed by atoms with van der Waals surface area (Å²) in [4.78, 5) is 4.34. The summed E-state index contributed by atoms with van der Waals surface area (Å²) in [6.07, 6.45) is 0.876. The molecular formula is C13H22ClN3. The molecule has 0 radical (unpaired) electrons. The van der Waals surface area contributed by atoms with E-state index in [1.54, 1.807) is 0 Å². The predicted molar refractivity (Wildman–Crippen MR) is 76.0 cm³/mol. The van der Waals surface area contributed by atoms with Gasteiger partial charge in [-0.1, -0.05) is 17.7 Å². The summed E-state index contributed by atoms with van der Waals surface area (Å²) in [5.41, 5.74) is 7.81. The van der Waals surface area contributed by atoms with Crippen LogP contribution in [0.5, 0.6) is 0 Å². The summed E-state index contributed by atoms with van der Waals surface area (Å²) < 4.78 is 0. The van der Waals surface area contributed by atoms with Crippen molar-refractivity contribution >= 4 is 17.3 Å². The molecule has 0 amide bonds. The highest BCUT2D eigenvalue weighted by molar-refractivity contribution is 6.33. The number of halogens is 1. The SMILES string of the molecule is CN(C)CCN(C)c1ccc(CCN)cc1Cl. The summed E-state index contributed by atoms with van der Waals surface area (Å²) in [7, 11) is 6.20. The molecule has 0 saturated carbocycles. The van der Waals surface area contributed by atoms with Gasteiger partial charge < -0.3 is 15.5 Å². The molecule has 1 aromatic carbocycles. The smallest absolute Gasteiger partial charge is 0.0642 e. The third-order valence-corrected chi connectivity index (χ3v) is 3.04. The zero-order valence-electron chi connectivity index (χ0n) is 10.9. The highest BCUT2D eigenvalue weighted by Gasteiger charge is 2.07. The lowest BCUT2D eigenvalue weighted by atomic mass is 10.1. The van der Waals surface area contributed by atoms with E-state index in [9.17, 15) is 0 Å². The lowest BCUT2D eigenvalue weighted by Gasteiger charge is -2.23. The third-order valence-electron chi connectivity index (χ3n) is 2.74. The van der Waals surface area contributed by atoms with Crippen LogP contribution in [0.2, 0.25) is 5.02 Å². The number of nitrogens with two attached hydrogens (primary N) is 1. The number of anilines is 1.